The Morgan fingerprint density at radius 1 is 1.55 bits per heavy atom. The highest BCUT2D eigenvalue weighted by molar-refractivity contribution is 7.09. The number of carboxylic acids is 1. The van der Waals surface area contributed by atoms with Gasteiger partial charge in [0.05, 0.1) is 11.5 Å². The standard InChI is InChI=1S/C12H11N3O4S/c1-7-2-3-8(4-10(7)15(18)19)13-5-11-14-9(6-20-11)12(16)17/h2-4,6,13H,5H2,1H3,(H,16,17). The number of nitro benzene ring substituents is 1. The van der Waals surface area contributed by atoms with E-state index in [1.54, 1.807) is 19.1 Å². The Morgan fingerprint density at radius 2 is 2.30 bits per heavy atom. The minimum absolute atomic E-state index is 0.00156. The smallest absolute Gasteiger partial charge is 0.355 e. The van der Waals surface area contributed by atoms with Crippen LogP contribution in [0.25, 0.3) is 0 Å². The molecule has 2 N–H and O–H groups in total. The lowest BCUT2D eigenvalue weighted by Gasteiger charge is -2.05. The minimum Gasteiger partial charge on any atom is -0.476 e. The van der Waals surface area contributed by atoms with E-state index in [1.807, 2.05) is 0 Å². The van der Waals surface area contributed by atoms with Gasteiger partial charge in [0.2, 0.25) is 0 Å². The highest BCUT2D eigenvalue weighted by atomic mass is 32.1. The van der Waals surface area contributed by atoms with Gasteiger partial charge in [-0.15, -0.1) is 11.3 Å². The number of carbonyl (C=O) groups is 1. The highest BCUT2D eigenvalue weighted by Gasteiger charge is 2.12. The minimum atomic E-state index is -1.07. The zero-order valence-corrected chi connectivity index (χ0v) is 11.3. The third-order valence-corrected chi connectivity index (χ3v) is 3.47. The summed E-state index contributed by atoms with van der Waals surface area (Å²) in [5.41, 5.74) is 1.22. The second-order valence-electron chi connectivity index (χ2n) is 4.04. The Hall–Kier alpha value is -2.48. The number of anilines is 1. The summed E-state index contributed by atoms with van der Waals surface area (Å²) in [5.74, 6) is -1.07. The number of aromatic carboxylic acids is 1. The molecule has 0 unspecified atom stereocenters. The van der Waals surface area contributed by atoms with Gasteiger partial charge in [0.15, 0.2) is 5.69 Å². The monoisotopic (exact) mass is 293 g/mol. The summed E-state index contributed by atoms with van der Waals surface area (Å²) in [6, 6.07) is 4.83. The quantitative estimate of drug-likeness (QED) is 0.648. The number of rotatable bonds is 5. The average molecular weight is 293 g/mol. The van der Waals surface area contributed by atoms with Gasteiger partial charge in [-0.3, -0.25) is 10.1 Å². The Bertz CT molecular complexity index is 668. The second kappa shape index (κ2) is 5.66. The van der Waals surface area contributed by atoms with Gasteiger partial charge >= 0.3 is 5.97 Å². The molecule has 0 saturated carbocycles. The van der Waals surface area contributed by atoms with Gasteiger partial charge in [0.1, 0.15) is 5.01 Å². The van der Waals surface area contributed by atoms with Gasteiger partial charge in [-0.05, 0) is 13.0 Å². The van der Waals surface area contributed by atoms with Crippen LogP contribution < -0.4 is 5.32 Å². The number of nitrogens with one attached hydrogen (secondary N) is 1. The van der Waals surface area contributed by atoms with Gasteiger partial charge < -0.3 is 10.4 Å². The molecule has 7 nitrogen and oxygen atoms in total. The predicted molar refractivity (Wildman–Crippen MR) is 74.2 cm³/mol. The molecule has 0 fully saturated rings. The van der Waals surface area contributed by atoms with Crippen molar-refractivity contribution in [3.05, 3.63) is 50.0 Å². The topological polar surface area (TPSA) is 105 Å². The normalized spacial score (nSPS) is 10.2. The summed E-state index contributed by atoms with van der Waals surface area (Å²) >= 11 is 1.22. The lowest BCUT2D eigenvalue weighted by atomic mass is 10.2. The number of thiazole rings is 1. The van der Waals surface area contributed by atoms with E-state index in [-0.39, 0.29) is 11.4 Å². The molecular weight excluding hydrogens is 282 g/mol. The van der Waals surface area contributed by atoms with Crippen molar-refractivity contribution in [2.45, 2.75) is 13.5 Å². The van der Waals surface area contributed by atoms with Crippen LogP contribution >= 0.6 is 11.3 Å². The first kappa shape index (κ1) is 13.9. The summed E-state index contributed by atoms with van der Waals surface area (Å²) in [6.45, 7) is 1.99. The van der Waals surface area contributed by atoms with Crippen molar-refractivity contribution in [2.75, 3.05) is 5.32 Å². The molecule has 0 saturated heterocycles. The van der Waals surface area contributed by atoms with Crippen LogP contribution in [0.2, 0.25) is 0 Å². The predicted octanol–water partition coefficient (Wildman–Crippen LogP) is 2.67. The fourth-order valence-corrected chi connectivity index (χ4v) is 2.29. The van der Waals surface area contributed by atoms with Crippen molar-refractivity contribution >= 4 is 28.7 Å². The van der Waals surface area contributed by atoms with Crippen molar-refractivity contribution in [3.8, 4) is 0 Å². The summed E-state index contributed by atoms with van der Waals surface area (Å²) in [6.07, 6.45) is 0. The van der Waals surface area contributed by atoms with Crippen LogP contribution in [0.5, 0.6) is 0 Å². The van der Waals surface area contributed by atoms with E-state index in [4.69, 9.17) is 5.11 Å². The van der Waals surface area contributed by atoms with Crippen molar-refractivity contribution in [2.24, 2.45) is 0 Å². The first-order chi connectivity index (χ1) is 9.47. The highest BCUT2D eigenvalue weighted by Crippen LogP contribution is 2.23. The summed E-state index contributed by atoms with van der Waals surface area (Å²) in [4.78, 5) is 25.0. The SMILES string of the molecule is Cc1ccc(NCc2nc(C(=O)O)cs2)cc1[N+](=O)[O-]. The van der Waals surface area contributed by atoms with Crippen LogP contribution in [0.1, 0.15) is 21.1 Å². The molecule has 2 rings (SSSR count). The van der Waals surface area contributed by atoms with Gasteiger partial charge in [0.25, 0.3) is 5.69 Å². The van der Waals surface area contributed by atoms with Crippen LogP contribution in [0.4, 0.5) is 11.4 Å². The molecule has 1 aromatic carbocycles. The van der Waals surface area contributed by atoms with E-state index < -0.39 is 10.9 Å². The number of nitro groups is 1. The Morgan fingerprint density at radius 3 is 2.90 bits per heavy atom. The largest absolute Gasteiger partial charge is 0.476 e. The molecule has 1 heterocycles. The molecule has 20 heavy (non-hydrogen) atoms. The van der Waals surface area contributed by atoms with Crippen LogP contribution in [0.15, 0.2) is 23.6 Å². The lowest BCUT2D eigenvalue weighted by Crippen LogP contribution is -2.02. The summed E-state index contributed by atoms with van der Waals surface area (Å²) in [7, 11) is 0. The first-order valence-electron chi connectivity index (χ1n) is 5.64. The van der Waals surface area contributed by atoms with E-state index in [9.17, 15) is 14.9 Å². The molecule has 104 valence electrons. The number of carboxylic acid groups (broad SMARTS) is 1. The maximum absolute atomic E-state index is 10.8. The van der Waals surface area contributed by atoms with E-state index in [1.165, 1.54) is 22.8 Å². The molecular formula is C12H11N3O4S. The molecule has 0 atom stereocenters. The maximum atomic E-state index is 10.8. The van der Waals surface area contributed by atoms with Crippen molar-refractivity contribution in [1.29, 1.82) is 0 Å². The van der Waals surface area contributed by atoms with Gasteiger partial charge in [-0.1, -0.05) is 6.07 Å². The maximum Gasteiger partial charge on any atom is 0.355 e. The Labute approximate surface area is 118 Å². The number of nitrogens with zero attached hydrogens (tertiary/aromatic N) is 2. The summed E-state index contributed by atoms with van der Waals surface area (Å²) in [5, 5.41) is 24.6. The zero-order chi connectivity index (χ0) is 14.7. The molecule has 0 spiro atoms. The molecule has 0 radical (unpaired) electrons. The van der Waals surface area contributed by atoms with E-state index in [0.29, 0.717) is 22.8 Å². The van der Waals surface area contributed by atoms with Crippen molar-refractivity contribution in [1.82, 2.24) is 4.98 Å². The van der Waals surface area contributed by atoms with Gasteiger partial charge in [0, 0.05) is 22.7 Å². The van der Waals surface area contributed by atoms with E-state index in [2.05, 4.69) is 10.3 Å². The molecule has 0 aliphatic rings. The van der Waals surface area contributed by atoms with Crippen LogP contribution in [-0.4, -0.2) is 21.0 Å². The van der Waals surface area contributed by atoms with Crippen LogP contribution in [-0.2, 0) is 6.54 Å². The fraction of sp³-hybridized carbons (Fsp3) is 0.167. The molecule has 8 heteroatoms. The van der Waals surface area contributed by atoms with Crippen molar-refractivity contribution in [3.63, 3.8) is 0 Å². The Kier molecular flexibility index (Phi) is 3.94. The third kappa shape index (κ3) is 3.09. The molecule has 0 bridgehead atoms. The molecule has 1 aromatic heterocycles. The van der Waals surface area contributed by atoms with E-state index >= 15 is 0 Å². The van der Waals surface area contributed by atoms with Crippen molar-refractivity contribution < 1.29 is 14.8 Å². The molecule has 0 aliphatic carbocycles. The van der Waals surface area contributed by atoms with E-state index in [0.717, 1.165) is 0 Å². The number of aromatic nitrogens is 1. The number of hydrogen-bond donors (Lipinski definition) is 2. The molecule has 2 aromatic rings. The van der Waals surface area contributed by atoms with Gasteiger partial charge in [-0.25, -0.2) is 9.78 Å². The molecule has 0 amide bonds. The second-order valence-corrected chi connectivity index (χ2v) is 4.99. The zero-order valence-electron chi connectivity index (χ0n) is 10.5. The third-order valence-electron chi connectivity index (χ3n) is 2.62. The van der Waals surface area contributed by atoms with Crippen LogP contribution in [0.3, 0.4) is 0 Å². The number of aryl methyl sites for hydroxylation is 1. The molecule has 0 aliphatic heterocycles. The Balaban J connectivity index is 2.08. The average Bonchev–Trinajstić information content (AvgIpc) is 2.86. The van der Waals surface area contributed by atoms with Crippen LogP contribution in [0, 0.1) is 17.0 Å². The lowest BCUT2D eigenvalue weighted by molar-refractivity contribution is -0.385. The number of hydrogen-bond acceptors (Lipinski definition) is 6. The summed E-state index contributed by atoms with van der Waals surface area (Å²) < 4.78 is 0. The number of benzene rings is 1. The van der Waals surface area contributed by atoms with Gasteiger partial charge in [-0.2, -0.15) is 0 Å². The first-order valence-corrected chi connectivity index (χ1v) is 6.52. The fourth-order valence-electron chi connectivity index (χ4n) is 1.58.